The summed E-state index contributed by atoms with van der Waals surface area (Å²) in [6, 6.07) is 4.21. The van der Waals surface area contributed by atoms with Gasteiger partial charge in [0.15, 0.2) is 5.16 Å². The maximum absolute atomic E-state index is 11.2. The van der Waals surface area contributed by atoms with Gasteiger partial charge < -0.3 is 9.73 Å². The van der Waals surface area contributed by atoms with Gasteiger partial charge in [-0.1, -0.05) is 25.6 Å². The molecule has 0 aliphatic rings. The first-order valence-corrected chi connectivity index (χ1v) is 7.55. The van der Waals surface area contributed by atoms with Crippen molar-refractivity contribution < 1.29 is 4.42 Å². The van der Waals surface area contributed by atoms with Gasteiger partial charge in [-0.3, -0.25) is 19.4 Å². The Morgan fingerprint density at radius 1 is 1.38 bits per heavy atom. The summed E-state index contributed by atoms with van der Waals surface area (Å²) >= 11 is 1.33. The standard InChI is InChI=1S/C13H18N4O3S/c1-8(2)14-6-9-4-5-10(20-9)7-21-13-15-11(18)12(19)16-17(13)3/h4-5,8,14H,6-7H2,1-3H3,(H,16,19). The number of nitrogens with zero attached hydrogens (tertiary/aromatic N) is 2. The summed E-state index contributed by atoms with van der Waals surface area (Å²) < 4.78 is 7.11. The van der Waals surface area contributed by atoms with E-state index in [-0.39, 0.29) is 0 Å². The number of nitrogens with one attached hydrogen (secondary N) is 2. The SMILES string of the molecule is CC(C)NCc1ccc(CSc2nc(=O)c(=O)[nH]n2C)o1. The largest absolute Gasteiger partial charge is 0.464 e. The molecule has 0 saturated carbocycles. The molecule has 21 heavy (non-hydrogen) atoms. The van der Waals surface area contributed by atoms with Crippen LogP contribution in [0.3, 0.4) is 0 Å². The minimum Gasteiger partial charge on any atom is -0.464 e. The van der Waals surface area contributed by atoms with Crippen molar-refractivity contribution in [3.63, 3.8) is 0 Å². The Morgan fingerprint density at radius 3 is 2.81 bits per heavy atom. The second-order valence-electron chi connectivity index (χ2n) is 4.89. The number of rotatable bonds is 6. The van der Waals surface area contributed by atoms with Crippen molar-refractivity contribution >= 4 is 11.8 Å². The van der Waals surface area contributed by atoms with E-state index in [1.54, 1.807) is 7.05 Å². The van der Waals surface area contributed by atoms with E-state index in [0.29, 0.717) is 23.5 Å². The molecule has 2 rings (SSSR count). The zero-order chi connectivity index (χ0) is 15.4. The minimum absolute atomic E-state index is 0.396. The number of aromatic amines is 1. The first kappa shape index (κ1) is 15.6. The van der Waals surface area contributed by atoms with Crippen LogP contribution >= 0.6 is 11.8 Å². The number of hydrogen-bond acceptors (Lipinski definition) is 6. The average molecular weight is 310 g/mol. The summed E-state index contributed by atoms with van der Waals surface area (Å²) in [4.78, 5) is 26.1. The van der Waals surface area contributed by atoms with Gasteiger partial charge in [0, 0.05) is 13.1 Å². The Labute approximate surface area is 125 Å². The zero-order valence-electron chi connectivity index (χ0n) is 12.2. The highest BCUT2D eigenvalue weighted by Gasteiger charge is 2.08. The molecule has 2 heterocycles. The number of aryl methyl sites for hydroxylation is 1. The van der Waals surface area contributed by atoms with Crippen LogP contribution in [0.25, 0.3) is 0 Å². The van der Waals surface area contributed by atoms with Crippen molar-refractivity contribution in [1.29, 1.82) is 0 Å². The average Bonchev–Trinajstić information content (AvgIpc) is 2.87. The van der Waals surface area contributed by atoms with Crippen molar-refractivity contribution in [2.45, 2.75) is 37.3 Å². The molecule has 0 amide bonds. The lowest BCUT2D eigenvalue weighted by atomic mass is 10.3. The Morgan fingerprint density at radius 2 is 2.10 bits per heavy atom. The summed E-state index contributed by atoms with van der Waals surface area (Å²) in [5, 5.41) is 6.12. The van der Waals surface area contributed by atoms with Crippen LogP contribution in [0.1, 0.15) is 25.4 Å². The molecule has 114 valence electrons. The van der Waals surface area contributed by atoms with Gasteiger partial charge >= 0.3 is 11.1 Å². The summed E-state index contributed by atoms with van der Waals surface area (Å²) in [7, 11) is 1.64. The van der Waals surface area contributed by atoms with Gasteiger partial charge in [0.05, 0.1) is 12.3 Å². The second-order valence-corrected chi connectivity index (χ2v) is 5.83. The molecular weight excluding hydrogens is 292 g/mol. The van der Waals surface area contributed by atoms with Gasteiger partial charge in [0.25, 0.3) is 0 Å². The molecule has 0 saturated heterocycles. The van der Waals surface area contributed by atoms with Crippen molar-refractivity contribution in [2.75, 3.05) is 0 Å². The van der Waals surface area contributed by atoms with Gasteiger partial charge in [-0.25, -0.2) is 0 Å². The quantitative estimate of drug-likeness (QED) is 0.607. The van der Waals surface area contributed by atoms with Gasteiger partial charge in [-0.2, -0.15) is 4.98 Å². The van der Waals surface area contributed by atoms with Gasteiger partial charge in [-0.15, -0.1) is 0 Å². The molecule has 2 aromatic rings. The highest BCUT2D eigenvalue weighted by molar-refractivity contribution is 7.98. The molecule has 0 aliphatic carbocycles. The first-order chi connectivity index (χ1) is 9.95. The third-order valence-electron chi connectivity index (χ3n) is 2.69. The molecule has 0 radical (unpaired) electrons. The van der Waals surface area contributed by atoms with Gasteiger partial charge in [0.2, 0.25) is 0 Å². The predicted octanol–water partition coefficient (Wildman–Crippen LogP) is 0.852. The fraction of sp³-hybridized carbons (Fsp3) is 0.462. The third-order valence-corrected chi connectivity index (χ3v) is 3.75. The van der Waals surface area contributed by atoms with E-state index in [9.17, 15) is 9.59 Å². The van der Waals surface area contributed by atoms with E-state index >= 15 is 0 Å². The van der Waals surface area contributed by atoms with Crippen molar-refractivity contribution in [1.82, 2.24) is 20.1 Å². The lowest BCUT2D eigenvalue weighted by Gasteiger charge is -2.05. The topological polar surface area (TPSA) is 92.9 Å². The molecule has 2 N–H and O–H groups in total. The monoisotopic (exact) mass is 310 g/mol. The normalized spacial score (nSPS) is 11.2. The van der Waals surface area contributed by atoms with Gasteiger partial charge in [0.1, 0.15) is 11.5 Å². The van der Waals surface area contributed by atoms with Crippen LogP contribution in [0.2, 0.25) is 0 Å². The highest BCUT2D eigenvalue weighted by Crippen LogP contribution is 2.20. The van der Waals surface area contributed by atoms with Crippen molar-refractivity contribution in [3.8, 4) is 0 Å². The van der Waals surface area contributed by atoms with Crippen LogP contribution in [0, 0.1) is 0 Å². The van der Waals surface area contributed by atoms with Crippen molar-refractivity contribution in [3.05, 3.63) is 44.4 Å². The molecule has 0 fully saturated rings. The molecule has 0 aliphatic heterocycles. The Kier molecular flexibility index (Phi) is 5.03. The maximum atomic E-state index is 11.2. The number of aromatic nitrogens is 3. The van der Waals surface area contributed by atoms with Crippen LogP contribution in [0.4, 0.5) is 0 Å². The fourth-order valence-corrected chi connectivity index (χ4v) is 2.44. The fourth-order valence-electron chi connectivity index (χ4n) is 1.63. The van der Waals surface area contributed by atoms with E-state index < -0.39 is 11.1 Å². The number of furan rings is 1. The molecule has 7 nitrogen and oxygen atoms in total. The number of hydrogen-bond donors (Lipinski definition) is 2. The van der Waals surface area contributed by atoms with Crippen LogP contribution in [-0.4, -0.2) is 20.8 Å². The minimum atomic E-state index is -0.781. The lowest BCUT2D eigenvalue weighted by molar-refractivity contribution is 0.445. The summed E-state index contributed by atoms with van der Waals surface area (Å²) in [6.07, 6.45) is 0. The highest BCUT2D eigenvalue weighted by atomic mass is 32.2. The van der Waals surface area contributed by atoms with Crippen LogP contribution in [0.15, 0.2) is 31.3 Å². The molecule has 0 unspecified atom stereocenters. The third kappa shape index (κ3) is 4.33. The summed E-state index contributed by atoms with van der Waals surface area (Å²) in [6.45, 7) is 4.82. The van der Waals surface area contributed by atoms with Crippen LogP contribution < -0.4 is 16.4 Å². The molecule has 0 aromatic carbocycles. The van der Waals surface area contributed by atoms with E-state index in [4.69, 9.17) is 4.42 Å². The summed E-state index contributed by atoms with van der Waals surface area (Å²) in [5.41, 5.74) is -1.50. The maximum Gasteiger partial charge on any atom is 0.339 e. The number of thioether (sulfide) groups is 1. The van der Waals surface area contributed by atoms with Crippen LogP contribution in [-0.2, 0) is 19.3 Å². The zero-order valence-corrected chi connectivity index (χ0v) is 13.0. The Bertz CT molecular complexity index is 717. The molecule has 0 bridgehead atoms. The van der Waals surface area contributed by atoms with Crippen LogP contribution in [0.5, 0.6) is 0 Å². The predicted molar refractivity (Wildman–Crippen MR) is 80.3 cm³/mol. The van der Waals surface area contributed by atoms with Gasteiger partial charge in [-0.05, 0) is 12.1 Å². The first-order valence-electron chi connectivity index (χ1n) is 6.57. The van der Waals surface area contributed by atoms with E-state index in [2.05, 4.69) is 29.2 Å². The molecular formula is C13H18N4O3S. The summed E-state index contributed by atoms with van der Waals surface area (Å²) in [5.74, 6) is 2.19. The second kappa shape index (κ2) is 6.77. The smallest absolute Gasteiger partial charge is 0.339 e. The number of H-pyrrole nitrogens is 1. The van der Waals surface area contributed by atoms with E-state index in [0.717, 1.165) is 11.5 Å². The van der Waals surface area contributed by atoms with Crippen molar-refractivity contribution in [2.24, 2.45) is 7.05 Å². The molecule has 0 spiro atoms. The Hall–Kier alpha value is -1.80. The van der Waals surface area contributed by atoms with E-state index in [1.165, 1.54) is 16.4 Å². The lowest BCUT2D eigenvalue weighted by Crippen LogP contribution is -2.33. The molecule has 8 heteroatoms. The molecule has 2 aromatic heterocycles. The van der Waals surface area contributed by atoms with E-state index in [1.807, 2.05) is 12.1 Å². The molecule has 0 atom stereocenters. The Balaban J connectivity index is 1.99.